The summed E-state index contributed by atoms with van der Waals surface area (Å²) in [6, 6.07) is 13.1. The monoisotopic (exact) mass is 299 g/mol. The molecule has 0 aliphatic heterocycles. The fourth-order valence-electron chi connectivity index (χ4n) is 1.99. The Hall–Kier alpha value is -2.40. The molecule has 1 amide bonds. The second-order valence-corrected chi connectivity index (χ2v) is 4.86. The number of rotatable bonds is 7. The SMILES string of the molecule is CCOc1ccc(NC(=O)CNC(C)c2ccccn2)cc1. The first kappa shape index (κ1) is 16.0. The number of carbonyl (C=O) groups is 1. The molecular formula is C17H21N3O2. The standard InChI is InChI=1S/C17H21N3O2/c1-3-22-15-9-7-14(8-10-15)20-17(21)12-19-13(2)16-6-4-5-11-18-16/h4-11,13,19H,3,12H2,1-2H3,(H,20,21). The van der Waals surface area contributed by atoms with Gasteiger partial charge in [-0.05, 0) is 50.2 Å². The van der Waals surface area contributed by atoms with E-state index in [1.807, 2.05) is 56.3 Å². The molecule has 2 rings (SSSR count). The molecule has 0 aliphatic rings. The molecule has 1 aromatic heterocycles. The number of anilines is 1. The number of nitrogens with zero attached hydrogens (tertiary/aromatic N) is 1. The van der Waals surface area contributed by atoms with Crippen LogP contribution >= 0.6 is 0 Å². The van der Waals surface area contributed by atoms with Crippen molar-refractivity contribution in [3.8, 4) is 5.75 Å². The molecule has 5 heteroatoms. The zero-order valence-corrected chi connectivity index (χ0v) is 12.9. The fourth-order valence-corrected chi connectivity index (χ4v) is 1.99. The molecule has 1 aromatic carbocycles. The number of ether oxygens (including phenoxy) is 1. The Morgan fingerprint density at radius 1 is 1.23 bits per heavy atom. The van der Waals surface area contributed by atoms with Crippen LogP contribution in [0.5, 0.6) is 5.75 Å². The first-order valence-electron chi connectivity index (χ1n) is 7.36. The number of carbonyl (C=O) groups excluding carboxylic acids is 1. The second-order valence-electron chi connectivity index (χ2n) is 4.86. The Morgan fingerprint density at radius 2 is 2.00 bits per heavy atom. The molecular weight excluding hydrogens is 278 g/mol. The average molecular weight is 299 g/mol. The summed E-state index contributed by atoms with van der Waals surface area (Å²) in [6.07, 6.45) is 1.74. The Balaban J connectivity index is 1.80. The lowest BCUT2D eigenvalue weighted by Gasteiger charge is -2.13. The van der Waals surface area contributed by atoms with E-state index in [4.69, 9.17) is 4.74 Å². The Kier molecular flexibility index (Phi) is 5.91. The maximum atomic E-state index is 11.9. The van der Waals surface area contributed by atoms with Crippen molar-refractivity contribution >= 4 is 11.6 Å². The third kappa shape index (κ3) is 4.86. The number of aromatic nitrogens is 1. The van der Waals surface area contributed by atoms with E-state index in [1.54, 1.807) is 6.20 Å². The van der Waals surface area contributed by atoms with Crippen LogP contribution < -0.4 is 15.4 Å². The molecule has 1 unspecified atom stereocenters. The quantitative estimate of drug-likeness (QED) is 0.825. The predicted octanol–water partition coefficient (Wildman–Crippen LogP) is 2.77. The molecule has 116 valence electrons. The number of amides is 1. The second kappa shape index (κ2) is 8.14. The van der Waals surface area contributed by atoms with Gasteiger partial charge in [0.25, 0.3) is 0 Å². The van der Waals surface area contributed by atoms with Gasteiger partial charge in [0.2, 0.25) is 5.91 Å². The van der Waals surface area contributed by atoms with Crippen LogP contribution in [0.25, 0.3) is 0 Å². The highest BCUT2D eigenvalue weighted by atomic mass is 16.5. The lowest BCUT2D eigenvalue weighted by Crippen LogP contribution is -2.30. The van der Waals surface area contributed by atoms with Crippen LogP contribution in [0.15, 0.2) is 48.7 Å². The van der Waals surface area contributed by atoms with Crippen molar-refractivity contribution in [2.45, 2.75) is 19.9 Å². The molecule has 0 aliphatic carbocycles. The summed E-state index contributed by atoms with van der Waals surface area (Å²) in [4.78, 5) is 16.2. The van der Waals surface area contributed by atoms with Gasteiger partial charge in [0.15, 0.2) is 0 Å². The van der Waals surface area contributed by atoms with Gasteiger partial charge in [-0.15, -0.1) is 0 Å². The molecule has 2 aromatic rings. The van der Waals surface area contributed by atoms with Crippen molar-refractivity contribution in [1.82, 2.24) is 10.3 Å². The van der Waals surface area contributed by atoms with E-state index in [0.29, 0.717) is 6.61 Å². The minimum absolute atomic E-state index is 0.0206. The molecule has 5 nitrogen and oxygen atoms in total. The van der Waals surface area contributed by atoms with Crippen molar-refractivity contribution < 1.29 is 9.53 Å². The molecule has 22 heavy (non-hydrogen) atoms. The summed E-state index contributed by atoms with van der Waals surface area (Å²) in [6.45, 7) is 4.77. The molecule has 0 fully saturated rings. The summed E-state index contributed by atoms with van der Waals surface area (Å²) in [5.74, 6) is 0.703. The van der Waals surface area contributed by atoms with E-state index in [2.05, 4.69) is 15.6 Å². The first-order valence-corrected chi connectivity index (χ1v) is 7.36. The van der Waals surface area contributed by atoms with Crippen molar-refractivity contribution in [2.24, 2.45) is 0 Å². The summed E-state index contributed by atoms with van der Waals surface area (Å²) in [5, 5.41) is 5.99. The predicted molar refractivity (Wildman–Crippen MR) is 86.9 cm³/mol. The van der Waals surface area contributed by atoms with Crippen LogP contribution in [0.4, 0.5) is 5.69 Å². The molecule has 0 bridgehead atoms. The normalized spacial score (nSPS) is 11.7. The third-order valence-electron chi connectivity index (χ3n) is 3.15. The molecule has 2 N–H and O–H groups in total. The van der Waals surface area contributed by atoms with Gasteiger partial charge < -0.3 is 15.4 Å². The van der Waals surface area contributed by atoms with E-state index in [0.717, 1.165) is 17.1 Å². The zero-order valence-electron chi connectivity index (χ0n) is 12.9. The number of hydrogen-bond donors (Lipinski definition) is 2. The minimum atomic E-state index is -0.0908. The largest absolute Gasteiger partial charge is 0.494 e. The molecule has 0 radical (unpaired) electrons. The molecule has 1 atom stereocenters. The number of benzene rings is 1. The van der Waals surface area contributed by atoms with Crippen LogP contribution in [0.2, 0.25) is 0 Å². The Bertz CT molecular complexity index is 585. The van der Waals surface area contributed by atoms with Crippen molar-refractivity contribution in [3.05, 3.63) is 54.4 Å². The van der Waals surface area contributed by atoms with E-state index in [-0.39, 0.29) is 18.5 Å². The Labute approximate surface area is 130 Å². The van der Waals surface area contributed by atoms with Gasteiger partial charge in [-0.25, -0.2) is 0 Å². The highest BCUT2D eigenvalue weighted by Crippen LogP contribution is 2.15. The van der Waals surface area contributed by atoms with Gasteiger partial charge in [0.05, 0.1) is 18.8 Å². The first-order chi connectivity index (χ1) is 10.7. The Morgan fingerprint density at radius 3 is 2.64 bits per heavy atom. The summed E-state index contributed by atoms with van der Waals surface area (Å²) in [5.41, 5.74) is 1.66. The summed E-state index contributed by atoms with van der Waals surface area (Å²) < 4.78 is 5.36. The zero-order chi connectivity index (χ0) is 15.8. The van der Waals surface area contributed by atoms with Crippen LogP contribution in [-0.2, 0) is 4.79 Å². The lowest BCUT2D eigenvalue weighted by molar-refractivity contribution is -0.115. The number of hydrogen-bond acceptors (Lipinski definition) is 4. The highest BCUT2D eigenvalue weighted by molar-refractivity contribution is 5.92. The van der Waals surface area contributed by atoms with Crippen LogP contribution in [0.3, 0.4) is 0 Å². The summed E-state index contributed by atoms with van der Waals surface area (Å²) in [7, 11) is 0. The van der Waals surface area contributed by atoms with Crippen molar-refractivity contribution in [1.29, 1.82) is 0 Å². The van der Waals surface area contributed by atoms with Gasteiger partial charge in [0.1, 0.15) is 5.75 Å². The molecule has 0 saturated heterocycles. The summed E-state index contributed by atoms with van der Waals surface area (Å²) >= 11 is 0. The van der Waals surface area contributed by atoms with Crippen LogP contribution in [0.1, 0.15) is 25.6 Å². The fraction of sp³-hybridized carbons (Fsp3) is 0.294. The van der Waals surface area contributed by atoms with Crippen molar-refractivity contribution in [2.75, 3.05) is 18.5 Å². The maximum absolute atomic E-state index is 11.9. The molecule has 0 saturated carbocycles. The van der Waals surface area contributed by atoms with E-state index in [1.165, 1.54) is 0 Å². The minimum Gasteiger partial charge on any atom is -0.494 e. The van der Waals surface area contributed by atoms with Crippen molar-refractivity contribution in [3.63, 3.8) is 0 Å². The lowest BCUT2D eigenvalue weighted by atomic mass is 10.2. The van der Waals surface area contributed by atoms with Crippen LogP contribution in [-0.4, -0.2) is 24.0 Å². The van der Waals surface area contributed by atoms with E-state index in [9.17, 15) is 4.79 Å². The van der Waals surface area contributed by atoms with E-state index >= 15 is 0 Å². The maximum Gasteiger partial charge on any atom is 0.238 e. The van der Waals surface area contributed by atoms with Gasteiger partial charge in [-0.1, -0.05) is 6.07 Å². The van der Waals surface area contributed by atoms with Crippen LogP contribution in [0, 0.1) is 0 Å². The van der Waals surface area contributed by atoms with Gasteiger partial charge in [-0.2, -0.15) is 0 Å². The van der Waals surface area contributed by atoms with Gasteiger partial charge in [0, 0.05) is 17.9 Å². The third-order valence-corrected chi connectivity index (χ3v) is 3.15. The topological polar surface area (TPSA) is 63.2 Å². The van der Waals surface area contributed by atoms with E-state index < -0.39 is 0 Å². The highest BCUT2D eigenvalue weighted by Gasteiger charge is 2.08. The van der Waals surface area contributed by atoms with Gasteiger partial charge >= 0.3 is 0 Å². The molecule has 0 spiro atoms. The number of nitrogens with one attached hydrogen (secondary N) is 2. The number of pyridine rings is 1. The van der Waals surface area contributed by atoms with Gasteiger partial charge in [-0.3, -0.25) is 9.78 Å². The average Bonchev–Trinajstić information content (AvgIpc) is 2.55. The smallest absolute Gasteiger partial charge is 0.238 e. The molecule has 1 heterocycles.